The molecule has 1 aromatic carbocycles. The Hall–Kier alpha value is -1.22. The first-order valence-corrected chi connectivity index (χ1v) is 6.33. The zero-order valence-electron chi connectivity index (χ0n) is 11.0. The summed E-state index contributed by atoms with van der Waals surface area (Å²) in [6.45, 7) is 5.56. The van der Waals surface area contributed by atoms with Crippen LogP contribution in [0, 0.1) is 0 Å². The van der Waals surface area contributed by atoms with Crippen LogP contribution in [0.25, 0.3) is 0 Å². The Bertz CT molecular complexity index is 298. The molecule has 1 atom stereocenters. The SMILES string of the molecule is CCCC(COc1ccc(OCC)cc1)NC. The molecule has 0 saturated heterocycles. The lowest BCUT2D eigenvalue weighted by Gasteiger charge is -2.16. The molecule has 1 N–H and O–H groups in total. The molecule has 0 heterocycles. The molecule has 1 rings (SSSR count). The maximum Gasteiger partial charge on any atom is 0.119 e. The minimum absolute atomic E-state index is 0.423. The quantitative estimate of drug-likeness (QED) is 0.754. The van der Waals surface area contributed by atoms with Crippen molar-refractivity contribution in [2.45, 2.75) is 32.7 Å². The van der Waals surface area contributed by atoms with Gasteiger partial charge in [-0.05, 0) is 44.7 Å². The van der Waals surface area contributed by atoms with Crippen molar-refractivity contribution in [1.82, 2.24) is 5.32 Å². The van der Waals surface area contributed by atoms with E-state index in [9.17, 15) is 0 Å². The minimum Gasteiger partial charge on any atom is -0.494 e. The molecule has 0 saturated carbocycles. The smallest absolute Gasteiger partial charge is 0.119 e. The van der Waals surface area contributed by atoms with Crippen molar-refractivity contribution >= 4 is 0 Å². The fourth-order valence-electron chi connectivity index (χ4n) is 1.66. The molecule has 0 spiro atoms. The fourth-order valence-corrected chi connectivity index (χ4v) is 1.66. The fraction of sp³-hybridized carbons (Fsp3) is 0.571. The predicted octanol–water partition coefficient (Wildman–Crippen LogP) is 2.85. The molecule has 0 amide bonds. The molecule has 1 unspecified atom stereocenters. The van der Waals surface area contributed by atoms with Crippen LogP contribution in [0.15, 0.2) is 24.3 Å². The van der Waals surface area contributed by atoms with E-state index in [1.165, 1.54) is 0 Å². The summed E-state index contributed by atoms with van der Waals surface area (Å²) in [6.07, 6.45) is 2.30. The van der Waals surface area contributed by atoms with Crippen LogP contribution in [-0.2, 0) is 0 Å². The zero-order chi connectivity index (χ0) is 12.5. The van der Waals surface area contributed by atoms with Gasteiger partial charge >= 0.3 is 0 Å². The zero-order valence-corrected chi connectivity index (χ0v) is 11.0. The molecule has 0 aliphatic rings. The van der Waals surface area contributed by atoms with E-state index in [1.54, 1.807) is 0 Å². The highest BCUT2D eigenvalue weighted by Crippen LogP contribution is 2.17. The minimum atomic E-state index is 0.423. The first kappa shape index (κ1) is 13.8. The van der Waals surface area contributed by atoms with Crippen molar-refractivity contribution in [2.75, 3.05) is 20.3 Å². The van der Waals surface area contributed by atoms with Crippen LogP contribution in [0.1, 0.15) is 26.7 Å². The van der Waals surface area contributed by atoms with Gasteiger partial charge in [0.2, 0.25) is 0 Å². The maximum absolute atomic E-state index is 5.73. The van der Waals surface area contributed by atoms with Gasteiger partial charge in [-0.1, -0.05) is 13.3 Å². The molecular formula is C14H23NO2. The van der Waals surface area contributed by atoms with E-state index in [4.69, 9.17) is 9.47 Å². The van der Waals surface area contributed by atoms with Crippen LogP contribution in [0.5, 0.6) is 11.5 Å². The second-order valence-electron chi connectivity index (χ2n) is 3.99. The van der Waals surface area contributed by atoms with Crippen LogP contribution in [-0.4, -0.2) is 26.3 Å². The molecule has 96 valence electrons. The number of ether oxygens (including phenoxy) is 2. The van der Waals surface area contributed by atoms with Crippen molar-refractivity contribution in [3.8, 4) is 11.5 Å². The highest BCUT2D eigenvalue weighted by Gasteiger charge is 2.05. The number of hydrogen-bond donors (Lipinski definition) is 1. The van der Waals surface area contributed by atoms with E-state index in [1.807, 2.05) is 38.2 Å². The molecule has 0 bridgehead atoms. The molecule has 3 nitrogen and oxygen atoms in total. The number of nitrogens with one attached hydrogen (secondary N) is 1. The number of likely N-dealkylation sites (N-methyl/N-ethyl adjacent to an activating group) is 1. The van der Waals surface area contributed by atoms with Crippen LogP contribution in [0.4, 0.5) is 0 Å². The Balaban J connectivity index is 2.40. The van der Waals surface area contributed by atoms with Gasteiger partial charge in [0, 0.05) is 6.04 Å². The Morgan fingerprint density at radius 2 is 1.65 bits per heavy atom. The Morgan fingerprint density at radius 1 is 1.06 bits per heavy atom. The first-order valence-electron chi connectivity index (χ1n) is 6.33. The Kier molecular flexibility index (Phi) is 6.48. The summed E-state index contributed by atoms with van der Waals surface area (Å²) in [4.78, 5) is 0. The second-order valence-corrected chi connectivity index (χ2v) is 3.99. The van der Waals surface area contributed by atoms with Gasteiger partial charge in [0.15, 0.2) is 0 Å². The molecular weight excluding hydrogens is 214 g/mol. The van der Waals surface area contributed by atoms with Gasteiger partial charge in [-0.3, -0.25) is 0 Å². The molecule has 0 aliphatic heterocycles. The summed E-state index contributed by atoms with van der Waals surface area (Å²) in [6, 6.07) is 8.19. The summed E-state index contributed by atoms with van der Waals surface area (Å²) in [5.74, 6) is 1.78. The molecule has 0 aromatic heterocycles. The lowest BCUT2D eigenvalue weighted by molar-refractivity contribution is 0.262. The summed E-state index contributed by atoms with van der Waals surface area (Å²) in [5, 5.41) is 3.26. The van der Waals surface area contributed by atoms with Crippen LogP contribution < -0.4 is 14.8 Å². The average Bonchev–Trinajstić information content (AvgIpc) is 2.36. The standard InChI is InChI=1S/C14H23NO2/c1-4-6-12(15-3)11-17-14-9-7-13(8-10-14)16-5-2/h7-10,12,15H,4-6,11H2,1-3H3. The third-order valence-corrected chi connectivity index (χ3v) is 2.63. The van der Waals surface area contributed by atoms with Gasteiger partial charge in [0.25, 0.3) is 0 Å². The molecule has 0 radical (unpaired) electrons. The molecule has 0 aliphatic carbocycles. The summed E-state index contributed by atoms with van der Waals surface area (Å²) < 4.78 is 11.1. The summed E-state index contributed by atoms with van der Waals surface area (Å²) in [7, 11) is 1.97. The van der Waals surface area contributed by atoms with Crippen LogP contribution in [0.3, 0.4) is 0 Å². The van der Waals surface area contributed by atoms with Gasteiger partial charge in [-0.2, -0.15) is 0 Å². The van der Waals surface area contributed by atoms with Gasteiger partial charge in [-0.25, -0.2) is 0 Å². The number of rotatable bonds is 8. The van der Waals surface area contributed by atoms with E-state index in [2.05, 4.69) is 12.2 Å². The molecule has 1 aromatic rings. The highest BCUT2D eigenvalue weighted by atomic mass is 16.5. The first-order chi connectivity index (χ1) is 8.30. The van der Waals surface area contributed by atoms with E-state index in [0.717, 1.165) is 24.3 Å². The van der Waals surface area contributed by atoms with E-state index in [-0.39, 0.29) is 0 Å². The monoisotopic (exact) mass is 237 g/mol. The van der Waals surface area contributed by atoms with Crippen molar-refractivity contribution < 1.29 is 9.47 Å². The van der Waals surface area contributed by atoms with Gasteiger partial charge in [-0.15, -0.1) is 0 Å². The Morgan fingerprint density at radius 3 is 2.12 bits per heavy atom. The third-order valence-electron chi connectivity index (χ3n) is 2.63. The lowest BCUT2D eigenvalue weighted by Crippen LogP contribution is -2.31. The number of hydrogen-bond acceptors (Lipinski definition) is 3. The van der Waals surface area contributed by atoms with Crippen molar-refractivity contribution in [3.63, 3.8) is 0 Å². The topological polar surface area (TPSA) is 30.5 Å². The van der Waals surface area contributed by atoms with E-state index in [0.29, 0.717) is 19.3 Å². The maximum atomic E-state index is 5.73. The third kappa shape index (κ3) is 5.09. The number of benzene rings is 1. The van der Waals surface area contributed by atoms with Crippen molar-refractivity contribution in [2.24, 2.45) is 0 Å². The average molecular weight is 237 g/mol. The van der Waals surface area contributed by atoms with Gasteiger partial charge in [0.1, 0.15) is 18.1 Å². The summed E-state index contributed by atoms with van der Waals surface area (Å²) in [5.41, 5.74) is 0. The Labute approximate surface area is 104 Å². The van der Waals surface area contributed by atoms with Crippen molar-refractivity contribution in [1.29, 1.82) is 0 Å². The van der Waals surface area contributed by atoms with Crippen molar-refractivity contribution in [3.05, 3.63) is 24.3 Å². The molecule has 3 heteroatoms. The second kappa shape index (κ2) is 7.96. The normalized spacial score (nSPS) is 12.2. The van der Waals surface area contributed by atoms with Crippen LogP contribution >= 0.6 is 0 Å². The van der Waals surface area contributed by atoms with Gasteiger partial charge < -0.3 is 14.8 Å². The predicted molar refractivity (Wildman–Crippen MR) is 70.9 cm³/mol. The van der Waals surface area contributed by atoms with Gasteiger partial charge in [0.05, 0.1) is 6.61 Å². The molecule has 0 fully saturated rings. The largest absolute Gasteiger partial charge is 0.494 e. The lowest BCUT2D eigenvalue weighted by atomic mass is 10.2. The van der Waals surface area contributed by atoms with E-state index >= 15 is 0 Å². The molecule has 17 heavy (non-hydrogen) atoms. The van der Waals surface area contributed by atoms with E-state index < -0.39 is 0 Å². The summed E-state index contributed by atoms with van der Waals surface area (Å²) >= 11 is 0. The van der Waals surface area contributed by atoms with Crippen LogP contribution in [0.2, 0.25) is 0 Å². The highest BCUT2D eigenvalue weighted by molar-refractivity contribution is 5.31.